The van der Waals surface area contributed by atoms with E-state index in [0.717, 1.165) is 37.1 Å². The molecule has 5 heteroatoms. The standard InChI is InChI=1S/C23H26N2O3/c26-21-7-4-14-25(21)20-10-8-19(9-11-20)23(28)24-15-12-18(13-16-24)22(27)17-5-2-1-3-6-17/h1-3,5-6,8-11,18,22,27H,4,7,12-16H2. The number of nitrogens with zero attached hydrogens (tertiary/aromatic N) is 2. The summed E-state index contributed by atoms with van der Waals surface area (Å²) in [7, 11) is 0. The summed E-state index contributed by atoms with van der Waals surface area (Å²) in [6.45, 7) is 2.06. The summed E-state index contributed by atoms with van der Waals surface area (Å²) in [6.07, 6.45) is 2.61. The summed E-state index contributed by atoms with van der Waals surface area (Å²) < 4.78 is 0. The fourth-order valence-electron chi connectivity index (χ4n) is 4.23. The minimum Gasteiger partial charge on any atom is -0.388 e. The summed E-state index contributed by atoms with van der Waals surface area (Å²) >= 11 is 0. The van der Waals surface area contributed by atoms with Crippen LogP contribution in [-0.4, -0.2) is 41.5 Å². The molecule has 0 saturated carbocycles. The lowest BCUT2D eigenvalue weighted by Crippen LogP contribution is -2.39. The Labute approximate surface area is 165 Å². The van der Waals surface area contributed by atoms with Crippen LogP contribution in [-0.2, 0) is 4.79 Å². The lowest BCUT2D eigenvalue weighted by molar-refractivity contribution is -0.117. The molecule has 2 saturated heterocycles. The highest BCUT2D eigenvalue weighted by atomic mass is 16.3. The van der Waals surface area contributed by atoms with Crippen LogP contribution in [0.15, 0.2) is 54.6 Å². The molecule has 2 amide bonds. The first-order chi connectivity index (χ1) is 13.6. The van der Waals surface area contributed by atoms with Crippen molar-refractivity contribution in [1.29, 1.82) is 0 Å². The van der Waals surface area contributed by atoms with Gasteiger partial charge in [-0.25, -0.2) is 0 Å². The molecular weight excluding hydrogens is 352 g/mol. The highest BCUT2D eigenvalue weighted by Crippen LogP contribution is 2.31. The van der Waals surface area contributed by atoms with Crippen molar-refractivity contribution in [2.24, 2.45) is 5.92 Å². The highest BCUT2D eigenvalue weighted by Gasteiger charge is 2.29. The maximum atomic E-state index is 12.8. The van der Waals surface area contributed by atoms with E-state index in [9.17, 15) is 14.7 Å². The summed E-state index contributed by atoms with van der Waals surface area (Å²) in [5, 5.41) is 10.6. The molecule has 28 heavy (non-hydrogen) atoms. The van der Waals surface area contributed by atoms with E-state index in [-0.39, 0.29) is 17.7 Å². The third kappa shape index (κ3) is 3.80. The Morgan fingerprint density at radius 3 is 2.25 bits per heavy atom. The molecule has 1 N–H and O–H groups in total. The van der Waals surface area contributed by atoms with Crippen molar-refractivity contribution in [3.8, 4) is 0 Å². The first kappa shape index (κ1) is 18.7. The molecule has 0 aromatic heterocycles. The monoisotopic (exact) mass is 378 g/mol. The predicted octanol–water partition coefficient (Wildman–Crippen LogP) is 3.40. The van der Waals surface area contributed by atoms with Gasteiger partial charge < -0.3 is 14.9 Å². The highest BCUT2D eigenvalue weighted by molar-refractivity contribution is 5.97. The van der Waals surface area contributed by atoms with Gasteiger partial charge in [0.15, 0.2) is 0 Å². The van der Waals surface area contributed by atoms with Gasteiger partial charge in [-0.05, 0) is 55.0 Å². The van der Waals surface area contributed by atoms with E-state index in [4.69, 9.17) is 0 Å². The van der Waals surface area contributed by atoms with Gasteiger partial charge in [0.05, 0.1) is 6.10 Å². The first-order valence-electron chi connectivity index (χ1n) is 10.1. The van der Waals surface area contributed by atoms with Gasteiger partial charge in [-0.1, -0.05) is 30.3 Å². The second-order valence-electron chi connectivity index (χ2n) is 7.68. The van der Waals surface area contributed by atoms with Gasteiger partial charge in [0.2, 0.25) is 5.91 Å². The smallest absolute Gasteiger partial charge is 0.253 e. The van der Waals surface area contributed by atoms with Crippen molar-refractivity contribution in [3.63, 3.8) is 0 Å². The van der Waals surface area contributed by atoms with Crippen LogP contribution in [0, 0.1) is 5.92 Å². The van der Waals surface area contributed by atoms with Gasteiger partial charge in [-0.15, -0.1) is 0 Å². The van der Waals surface area contributed by atoms with E-state index >= 15 is 0 Å². The Kier molecular flexibility index (Phi) is 5.44. The third-order valence-electron chi connectivity index (χ3n) is 5.91. The number of carbonyl (C=O) groups excluding carboxylic acids is 2. The fourth-order valence-corrected chi connectivity index (χ4v) is 4.23. The van der Waals surface area contributed by atoms with Gasteiger partial charge in [0.1, 0.15) is 0 Å². The maximum Gasteiger partial charge on any atom is 0.253 e. The maximum absolute atomic E-state index is 12.8. The predicted molar refractivity (Wildman–Crippen MR) is 108 cm³/mol. The number of anilines is 1. The summed E-state index contributed by atoms with van der Waals surface area (Å²) in [6, 6.07) is 17.1. The molecular formula is C23H26N2O3. The molecule has 2 aromatic carbocycles. The molecule has 0 aliphatic carbocycles. The van der Waals surface area contributed by atoms with Crippen LogP contribution < -0.4 is 4.90 Å². The van der Waals surface area contributed by atoms with Crippen LogP contribution in [0.3, 0.4) is 0 Å². The summed E-state index contributed by atoms with van der Waals surface area (Å²) in [4.78, 5) is 28.3. The Morgan fingerprint density at radius 1 is 0.964 bits per heavy atom. The molecule has 0 bridgehead atoms. The minimum atomic E-state index is -0.476. The average molecular weight is 378 g/mol. The van der Waals surface area contributed by atoms with Crippen molar-refractivity contribution in [2.75, 3.05) is 24.5 Å². The molecule has 2 fully saturated rings. The number of hydrogen-bond donors (Lipinski definition) is 1. The molecule has 5 nitrogen and oxygen atoms in total. The number of benzene rings is 2. The van der Waals surface area contributed by atoms with Crippen molar-refractivity contribution < 1.29 is 14.7 Å². The first-order valence-corrected chi connectivity index (χ1v) is 10.1. The van der Waals surface area contributed by atoms with Crippen molar-refractivity contribution in [3.05, 3.63) is 65.7 Å². The zero-order valence-electron chi connectivity index (χ0n) is 16.0. The van der Waals surface area contributed by atoms with E-state index in [2.05, 4.69) is 0 Å². The van der Waals surface area contributed by atoms with Crippen LogP contribution in [0.25, 0.3) is 0 Å². The molecule has 1 unspecified atom stereocenters. The van der Waals surface area contributed by atoms with Gasteiger partial charge >= 0.3 is 0 Å². The minimum absolute atomic E-state index is 0.0203. The average Bonchev–Trinajstić information content (AvgIpc) is 3.19. The fraction of sp³-hybridized carbons (Fsp3) is 0.391. The van der Waals surface area contributed by atoms with E-state index in [1.54, 1.807) is 4.90 Å². The van der Waals surface area contributed by atoms with Crippen LogP contribution >= 0.6 is 0 Å². The number of carbonyl (C=O) groups is 2. The van der Waals surface area contributed by atoms with E-state index in [0.29, 0.717) is 25.1 Å². The molecule has 1 atom stereocenters. The Hall–Kier alpha value is -2.66. The molecule has 2 aromatic rings. The van der Waals surface area contributed by atoms with Crippen LogP contribution in [0.1, 0.15) is 47.7 Å². The molecule has 4 rings (SSSR count). The van der Waals surface area contributed by atoms with Crippen molar-refractivity contribution in [1.82, 2.24) is 4.90 Å². The van der Waals surface area contributed by atoms with E-state index in [1.165, 1.54) is 0 Å². The number of likely N-dealkylation sites (tertiary alicyclic amines) is 1. The summed E-state index contributed by atoms with van der Waals surface area (Å²) in [5.74, 6) is 0.347. The topological polar surface area (TPSA) is 60.9 Å². The molecule has 2 aliphatic heterocycles. The van der Waals surface area contributed by atoms with Crippen LogP contribution in [0.4, 0.5) is 5.69 Å². The number of aliphatic hydroxyl groups is 1. The zero-order chi connectivity index (χ0) is 19.5. The van der Waals surface area contributed by atoms with Gasteiger partial charge in [-0.3, -0.25) is 9.59 Å². The summed E-state index contributed by atoms with van der Waals surface area (Å²) in [5.41, 5.74) is 2.46. The number of amides is 2. The Bertz CT molecular complexity index is 827. The molecule has 0 spiro atoms. The van der Waals surface area contributed by atoms with Gasteiger partial charge in [0.25, 0.3) is 5.91 Å². The lowest BCUT2D eigenvalue weighted by Gasteiger charge is -2.34. The second-order valence-corrected chi connectivity index (χ2v) is 7.68. The lowest BCUT2D eigenvalue weighted by atomic mass is 9.87. The van der Waals surface area contributed by atoms with E-state index in [1.807, 2.05) is 59.5 Å². The van der Waals surface area contributed by atoms with Crippen molar-refractivity contribution in [2.45, 2.75) is 31.8 Å². The number of hydrogen-bond acceptors (Lipinski definition) is 3. The third-order valence-corrected chi connectivity index (χ3v) is 5.91. The van der Waals surface area contributed by atoms with Crippen LogP contribution in [0.5, 0.6) is 0 Å². The molecule has 0 radical (unpaired) electrons. The molecule has 146 valence electrons. The normalized spacial score (nSPS) is 19.1. The van der Waals surface area contributed by atoms with Crippen molar-refractivity contribution >= 4 is 17.5 Å². The van der Waals surface area contributed by atoms with Gasteiger partial charge in [0, 0.05) is 37.3 Å². The largest absolute Gasteiger partial charge is 0.388 e. The molecule has 2 aliphatic rings. The number of rotatable bonds is 4. The van der Waals surface area contributed by atoms with E-state index < -0.39 is 6.10 Å². The quantitative estimate of drug-likeness (QED) is 0.887. The Morgan fingerprint density at radius 2 is 1.64 bits per heavy atom. The SMILES string of the molecule is O=C(c1ccc(N2CCCC2=O)cc1)N1CCC(C(O)c2ccccc2)CC1. The zero-order valence-corrected chi connectivity index (χ0v) is 16.0. The number of piperidine rings is 1. The second kappa shape index (κ2) is 8.15. The Balaban J connectivity index is 1.35. The van der Waals surface area contributed by atoms with Gasteiger partial charge in [-0.2, -0.15) is 0 Å². The number of aliphatic hydroxyl groups excluding tert-OH is 1. The van der Waals surface area contributed by atoms with Crippen LogP contribution in [0.2, 0.25) is 0 Å². The molecule has 2 heterocycles.